The molecular weight excluding hydrogens is 542 g/mol. The van der Waals surface area contributed by atoms with E-state index in [-0.39, 0.29) is 30.2 Å². The van der Waals surface area contributed by atoms with Crippen molar-refractivity contribution >= 4 is 17.7 Å². The van der Waals surface area contributed by atoms with Crippen LogP contribution in [0.5, 0.6) is 0 Å². The zero-order valence-corrected chi connectivity index (χ0v) is 25.1. The molecule has 0 aliphatic carbocycles. The Balaban J connectivity index is 1.43. The molecule has 4 aliphatic heterocycles. The molecule has 3 amide bonds. The van der Waals surface area contributed by atoms with Gasteiger partial charge in [0.15, 0.2) is 0 Å². The summed E-state index contributed by atoms with van der Waals surface area (Å²) in [6.07, 6.45) is 8.15. The number of aliphatic hydroxyl groups is 1. The van der Waals surface area contributed by atoms with E-state index >= 15 is 0 Å². The molecule has 0 saturated carbocycles. The average molecular weight is 584 g/mol. The number of amides is 3. The van der Waals surface area contributed by atoms with Crippen LogP contribution in [-0.2, 0) is 32.2 Å². The van der Waals surface area contributed by atoms with Crippen molar-refractivity contribution in [3.05, 3.63) is 96.1 Å². The predicted octanol–water partition coefficient (Wildman–Crippen LogP) is 3.56. The second kappa shape index (κ2) is 11.4. The first-order valence-electron chi connectivity index (χ1n) is 15.3. The number of hydrogen-bond donors (Lipinski definition) is 1. The fourth-order valence-corrected chi connectivity index (χ4v) is 7.66. The molecule has 2 fully saturated rings. The Morgan fingerprint density at radius 1 is 0.814 bits per heavy atom. The van der Waals surface area contributed by atoms with Gasteiger partial charge in [-0.1, -0.05) is 98.8 Å². The molecule has 2 aromatic carbocycles. The molecule has 8 nitrogen and oxygen atoms in total. The third-order valence-corrected chi connectivity index (χ3v) is 9.44. The molecule has 8 heteroatoms. The van der Waals surface area contributed by atoms with Crippen molar-refractivity contribution in [1.29, 1.82) is 0 Å². The van der Waals surface area contributed by atoms with Crippen LogP contribution in [0.2, 0.25) is 0 Å². The van der Waals surface area contributed by atoms with Crippen LogP contribution in [0.25, 0.3) is 0 Å². The molecule has 43 heavy (non-hydrogen) atoms. The standard InChI is InChI=1S/C35H41N3O5/c1-24(2)20-27(23-39)38-30-33(42)37(22-26-14-8-5-9-15-26)19-11-17-35(30)29(32(38)41)28-31(40)36(18-10-16-34(28,3)43-35)21-25-12-6-4-7-13-25/h4-17,24,27-30,39H,18-23H2,1-3H3/t27-,28+,29+,30?,34-,35+/m1/s1. The highest BCUT2D eigenvalue weighted by molar-refractivity contribution is 6.00. The monoisotopic (exact) mass is 583 g/mol. The summed E-state index contributed by atoms with van der Waals surface area (Å²) >= 11 is 0. The van der Waals surface area contributed by atoms with Gasteiger partial charge in [0.1, 0.15) is 11.6 Å². The molecule has 2 aromatic rings. The third kappa shape index (κ3) is 5.00. The van der Waals surface area contributed by atoms with Crippen LogP contribution in [0.15, 0.2) is 85.0 Å². The van der Waals surface area contributed by atoms with Crippen molar-refractivity contribution in [2.45, 2.75) is 63.6 Å². The van der Waals surface area contributed by atoms with Crippen LogP contribution >= 0.6 is 0 Å². The fraction of sp³-hybridized carbons (Fsp3) is 0.457. The summed E-state index contributed by atoms with van der Waals surface area (Å²) in [5, 5.41) is 10.6. The Kier molecular flexibility index (Phi) is 7.77. The molecule has 1 spiro atoms. The van der Waals surface area contributed by atoms with Gasteiger partial charge in [-0.3, -0.25) is 14.4 Å². The zero-order chi connectivity index (χ0) is 30.4. The van der Waals surface area contributed by atoms with E-state index in [1.54, 1.807) is 14.7 Å². The van der Waals surface area contributed by atoms with Crippen molar-refractivity contribution in [1.82, 2.24) is 14.7 Å². The van der Waals surface area contributed by atoms with Crippen LogP contribution in [0.3, 0.4) is 0 Å². The van der Waals surface area contributed by atoms with Gasteiger partial charge < -0.3 is 24.5 Å². The molecule has 0 radical (unpaired) electrons. The number of likely N-dealkylation sites (tertiary alicyclic amines) is 1. The smallest absolute Gasteiger partial charge is 0.249 e. The summed E-state index contributed by atoms with van der Waals surface area (Å²) in [7, 11) is 0. The molecule has 6 atom stereocenters. The van der Waals surface area contributed by atoms with Crippen molar-refractivity contribution < 1.29 is 24.2 Å². The largest absolute Gasteiger partial charge is 0.394 e. The lowest BCUT2D eigenvalue weighted by atomic mass is 9.74. The van der Waals surface area contributed by atoms with Gasteiger partial charge in [-0.2, -0.15) is 0 Å². The molecule has 1 N–H and O–H groups in total. The minimum Gasteiger partial charge on any atom is -0.394 e. The predicted molar refractivity (Wildman–Crippen MR) is 162 cm³/mol. The maximum absolute atomic E-state index is 14.7. The number of nitrogens with zero attached hydrogens (tertiary/aromatic N) is 3. The van der Waals surface area contributed by atoms with E-state index < -0.39 is 35.1 Å². The maximum Gasteiger partial charge on any atom is 0.249 e. The molecule has 1 unspecified atom stereocenters. The van der Waals surface area contributed by atoms with Crippen molar-refractivity contribution in [3.8, 4) is 0 Å². The topological polar surface area (TPSA) is 90.4 Å². The molecule has 4 heterocycles. The molecule has 0 bridgehead atoms. The van der Waals surface area contributed by atoms with E-state index in [1.165, 1.54) is 0 Å². The van der Waals surface area contributed by atoms with Crippen molar-refractivity contribution in [2.24, 2.45) is 17.8 Å². The number of ether oxygens (including phenoxy) is 1. The lowest BCUT2D eigenvalue weighted by molar-refractivity contribution is -0.156. The third-order valence-electron chi connectivity index (χ3n) is 9.44. The number of carbonyl (C=O) groups excluding carboxylic acids is 3. The van der Waals surface area contributed by atoms with E-state index in [2.05, 4.69) is 0 Å². The van der Waals surface area contributed by atoms with E-state index in [0.717, 1.165) is 11.1 Å². The lowest BCUT2D eigenvalue weighted by Crippen LogP contribution is -2.58. The SMILES string of the molecule is CC(C)C[C@H](CO)N1C(=O)[C@@H]2[C@H]3C(=O)N(Cc4ccccc4)CC=C[C@@]3(C)O[C@@]23C=CCN(Cc2ccccc2)C(=O)C13. The summed E-state index contributed by atoms with van der Waals surface area (Å²) in [6, 6.07) is 18.0. The van der Waals surface area contributed by atoms with Gasteiger partial charge in [-0.25, -0.2) is 0 Å². The second-order valence-corrected chi connectivity index (χ2v) is 12.9. The fourth-order valence-electron chi connectivity index (χ4n) is 7.66. The number of aliphatic hydroxyl groups excluding tert-OH is 1. The summed E-state index contributed by atoms with van der Waals surface area (Å²) in [5.41, 5.74) is -0.456. The first-order valence-corrected chi connectivity index (χ1v) is 15.3. The second-order valence-electron chi connectivity index (χ2n) is 12.9. The van der Waals surface area contributed by atoms with Crippen LogP contribution in [0, 0.1) is 17.8 Å². The molecule has 0 aromatic heterocycles. The number of carbonyl (C=O) groups is 3. The van der Waals surface area contributed by atoms with Gasteiger partial charge >= 0.3 is 0 Å². The number of hydrogen-bond acceptors (Lipinski definition) is 5. The molecule has 226 valence electrons. The zero-order valence-electron chi connectivity index (χ0n) is 25.1. The highest BCUT2D eigenvalue weighted by Gasteiger charge is 2.75. The van der Waals surface area contributed by atoms with Crippen LogP contribution in [0.4, 0.5) is 0 Å². The Morgan fingerprint density at radius 3 is 1.93 bits per heavy atom. The summed E-state index contributed by atoms with van der Waals surface area (Å²) < 4.78 is 6.95. The average Bonchev–Trinajstić information content (AvgIpc) is 3.28. The minimum absolute atomic E-state index is 0.164. The summed E-state index contributed by atoms with van der Waals surface area (Å²) in [6.45, 7) is 7.18. The van der Waals surface area contributed by atoms with E-state index in [4.69, 9.17) is 4.74 Å². The Bertz CT molecular complexity index is 1430. The minimum atomic E-state index is -1.35. The van der Waals surface area contributed by atoms with Crippen LogP contribution in [-0.4, -0.2) is 80.5 Å². The van der Waals surface area contributed by atoms with Crippen molar-refractivity contribution in [3.63, 3.8) is 0 Å². The number of fused-ring (bicyclic) bond motifs is 2. The Morgan fingerprint density at radius 2 is 1.37 bits per heavy atom. The van der Waals surface area contributed by atoms with Gasteiger partial charge in [-0.15, -0.1) is 0 Å². The normalized spacial score (nSPS) is 30.8. The molecule has 2 saturated heterocycles. The summed E-state index contributed by atoms with van der Waals surface area (Å²) in [5.74, 6) is -2.26. The quantitative estimate of drug-likeness (QED) is 0.480. The van der Waals surface area contributed by atoms with Gasteiger partial charge in [0.25, 0.3) is 0 Å². The Labute approximate surface area is 253 Å². The van der Waals surface area contributed by atoms with Crippen molar-refractivity contribution in [2.75, 3.05) is 19.7 Å². The highest BCUT2D eigenvalue weighted by atomic mass is 16.5. The van der Waals surface area contributed by atoms with E-state index in [1.807, 2.05) is 106 Å². The first-order chi connectivity index (χ1) is 20.7. The number of benzene rings is 2. The molecular formula is C35H41N3O5. The Hall–Kier alpha value is -3.75. The molecule has 4 aliphatic rings. The van der Waals surface area contributed by atoms with Gasteiger partial charge in [0, 0.05) is 26.2 Å². The van der Waals surface area contributed by atoms with Gasteiger partial charge in [-0.05, 0) is 30.4 Å². The van der Waals surface area contributed by atoms with Gasteiger partial charge in [0.05, 0.1) is 30.1 Å². The van der Waals surface area contributed by atoms with Crippen LogP contribution < -0.4 is 0 Å². The summed E-state index contributed by atoms with van der Waals surface area (Å²) in [4.78, 5) is 48.9. The first kappa shape index (κ1) is 29.3. The number of rotatable bonds is 8. The van der Waals surface area contributed by atoms with E-state index in [0.29, 0.717) is 32.6 Å². The molecule has 6 rings (SSSR count). The van der Waals surface area contributed by atoms with E-state index in [9.17, 15) is 19.5 Å². The maximum atomic E-state index is 14.7. The highest BCUT2D eigenvalue weighted by Crippen LogP contribution is 2.58. The lowest BCUT2D eigenvalue weighted by Gasteiger charge is -2.40. The van der Waals surface area contributed by atoms with Gasteiger partial charge in [0.2, 0.25) is 17.7 Å². The van der Waals surface area contributed by atoms with Crippen LogP contribution in [0.1, 0.15) is 38.3 Å².